The topological polar surface area (TPSA) is 87.7 Å². The number of hydrogen-bond acceptors (Lipinski definition) is 3. The van der Waals surface area contributed by atoms with Gasteiger partial charge in [0.15, 0.2) is 0 Å². The van der Waals surface area contributed by atoms with Crippen molar-refractivity contribution in [3.63, 3.8) is 0 Å². The summed E-state index contributed by atoms with van der Waals surface area (Å²) in [5.41, 5.74) is 1.03. The van der Waals surface area contributed by atoms with Crippen LogP contribution in [0.5, 0.6) is 5.75 Å². The molecule has 1 aromatic carbocycles. The number of amides is 2. The van der Waals surface area contributed by atoms with Crippen LogP contribution in [0.2, 0.25) is 0 Å². The Kier molecular flexibility index (Phi) is 6.67. The predicted octanol–water partition coefficient (Wildman–Crippen LogP) is 3.33. The van der Waals surface area contributed by atoms with Crippen molar-refractivity contribution in [3.05, 3.63) is 29.8 Å². The Morgan fingerprint density at radius 2 is 1.72 bits per heavy atom. The minimum Gasteiger partial charge on any atom is -0.497 e. The number of methoxy groups -OCH3 is 1. The number of carbonyl (C=O) groups excluding carboxylic acids is 1. The first-order valence-electron chi connectivity index (χ1n) is 8.84. The number of ether oxygens (including phenoxy) is 1. The van der Waals surface area contributed by atoms with Gasteiger partial charge in [0.1, 0.15) is 5.75 Å². The number of nitrogens with one attached hydrogen (secondary N) is 2. The normalized spacial score (nSPS) is 21.4. The lowest BCUT2D eigenvalue weighted by molar-refractivity contribution is -0.142. The number of carboxylic acids is 1. The average molecular weight is 348 g/mol. The Balaban J connectivity index is 1.91. The van der Waals surface area contributed by atoms with Crippen LogP contribution in [0.25, 0.3) is 0 Å². The molecule has 1 saturated carbocycles. The third kappa shape index (κ3) is 5.37. The molecule has 0 saturated heterocycles. The van der Waals surface area contributed by atoms with Gasteiger partial charge in [-0.3, -0.25) is 4.79 Å². The predicted molar refractivity (Wildman–Crippen MR) is 95.6 cm³/mol. The van der Waals surface area contributed by atoms with E-state index in [1.54, 1.807) is 7.11 Å². The van der Waals surface area contributed by atoms with E-state index in [1.165, 1.54) is 0 Å². The standard InChI is InChI=1S/C19H28N2O4/c1-12(2)17(13-6-10-16(25-3)11-7-13)21-19(24)20-15-8-4-14(5-9-15)18(22)23/h6-7,10-12,14-15,17H,4-5,8-9H2,1-3H3,(H,22,23)(H2,20,21,24). The number of aliphatic carboxylic acids is 1. The van der Waals surface area contributed by atoms with Crippen LogP contribution >= 0.6 is 0 Å². The van der Waals surface area contributed by atoms with Gasteiger partial charge in [-0.15, -0.1) is 0 Å². The minimum atomic E-state index is -0.734. The van der Waals surface area contributed by atoms with Gasteiger partial charge in [0.25, 0.3) is 0 Å². The highest BCUT2D eigenvalue weighted by Gasteiger charge is 2.27. The van der Waals surface area contributed by atoms with E-state index in [-0.39, 0.29) is 30.0 Å². The lowest BCUT2D eigenvalue weighted by Crippen LogP contribution is -2.46. The maximum atomic E-state index is 12.4. The van der Waals surface area contributed by atoms with E-state index in [4.69, 9.17) is 9.84 Å². The maximum absolute atomic E-state index is 12.4. The van der Waals surface area contributed by atoms with Crippen molar-refractivity contribution in [1.82, 2.24) is 10.6 Å². The zero-order valence-electron chi connectivity index (χ0n) is 15.1. The molecule has 1 aliphatic rings. The maximum Gasteiger partial charge on any atom is 0.315 e. The largest absolute Gasteiger partial charge is 0.497 e. The second-order valence-corrected chi connectivity index (χ2v) is 7.00. The molecule has 0 aliphatic heterocycles. The van der Waals surface area contributed by atoms with Gasteiger partial charge >= 0.3 is 12.0 Å². The van der Waals surface area contributed by atoms with Gasteiger partial charge in [0, 0.05) is 6.04 Å². The second kappa shape index (κ2) is 8.74. The summed E-state index contributed by atoms with van der Waals surface area (Å²) in [7, 11) is 1.62. The van der Waals surface area contributed by atoms with E-state index in [9.17, 15) is 9.59 Å². The molecule has 0 heterocycles. The Labute approximate surface area is 149 Å². The van der Waals surface area contributed by atoms with Crippen LogP contribution in [-0.4, -0.2) is 30.3 Å². The smallest absolute Gasteiger partial charge is 0.315 e. The Morgan fingerprint density at radius 3 is 2.20 bits per heavy atom. The molecular formula is C19H28N2O4. The highest BCUT2D eigenvalue weighted by molar-refractivity contribution is 5.75. The minimum absolute atomic E-state index is 0.0410. The zero-order valence-corrected chi connectivity index (χ0v) is 15.1. The molecule has 1 unspecified atom stereocenters. The van der Waals surface area contributed by atoms with Gasteiger partial charge < -0.3 is 20.5 Å². The van der Waals surface area contributed by atoms with Gasteiger partial charge in [-0.1, -0.05) is 26.0 Å². The Bertz CT molecular complexity index is 578. The number of benzene rings is 1. The molecule has 2 rings (SSSR count). The zero-order chi connectivity index (χ0) is 18.4. The summed E-state index contributed by atoms with van der Waals surface area (Å²) in [4.78, 5) is 23.4. The fourth-order valence-corrected chi connectivity index (χ4v) is 3.30. The van der Waals surface area contributed by atoms with E-state index in [0.717, 1.165) is 11.3 Å². The van der Waals surface area contributed by atoms with Crippen LogP contribution in [-0.2, 0) is 4.79 Å². The SMILES string of the molecule is COc1ccc(C(NC(=O)NC2CCC(C(=O)O)CC2)C(C)C)cc1. The quantitative estimate of drug-likeness (QED) is 0.736. The molecular weight excluding hydrogens is 320 g/mol. The van der Waals surface area contributed by atoms with Crippen molar-refractivity contribution in [3.8, 4) is 5.75 Å². The molecule has 1 atom stereocenters. The van der Waals surface area contributed by atoms with Crippen molar-refractivity contribution in [2.45, 2.75) is 51.6 Å². The Hall–Kier alpha value is -2.24. The summed E-state index contributed by atoms with van der Waals surface area (Å²) in [5, 5.41) is 15.1. The number of hydrogen-bond donors (Lipinski definition) is 3. The number of carbonyl (C=O) groups is 2. The first-order valence-corrected chi connectivity index (χ1v) is 8.84. The van der Waals surface area contributed by atoms with Gasteiger partial charge in [0.05, 0.1) is 19.1 Å². The third-order valence-corrected chi connectivity index (χ3v) is 4.84. The van der Waals surface area contributed by atoms with Crippen molar-refractivity contribution >= 4 is 12.0 Å². The summed E-state index contributed by atoms with van der Waals surface area (Å²) < 4.78 is 5.17. The van der Waals surface area contributed by atoms with Crippen molar-refractivity contribution < 1.29 is 19.4 Å². The molecule has 0 bridgehead atoms. The first kappa shape index (κ1) is 19.1. The molecule has 25 heavy (non-hydrogen) atoms. The van der Waals surface area contributed by atoms with E-state index >= 15 is 0 Å². The lowest BCUT2D eigenvalue weighted by Gasteiger charge is -2.29. The Morgan fingerprint density at radius 1 is 1.12 bits per heavy atom. The summed E-state index contributed by atoms with van der Waals surface area (Å²) in [6, 6.07) is 7.44. The van der Waals surface area contributed by atoms with E-state index in [2.05, 4.69) is 24.5 Å². The molecule has 2 amide bonds. The number of rotatable bonds is 6. The van der Waals surface area contributed by atoms with E-state index in [0.29, 0.717) is 25.7 Å². The third-order valence-electron chi connectivity index (χ3n) is 4.84. The second-order valence-electron chi connectivity index (χ2n) is 7.00. The summed E-state index contributed by atoms with van der Waals surface area (Å²) >= 11 is 0. The highest BCUT2D eigenvalue weighted by atomic mass is 16.5. The van der Waals surface area contributed by atoms with Gasteiger partial charge in [0.2, 0.25) is 0 Å². The van der Waals surface area contributed by atoms with Gasteiger partial charge in [-0.2, -0.15) is 0 Å². The average Bonchev–Trinajstić information content (AvgIpc) is 2.60. The molecule has 1 aliphatic carbocycles. The van der Waals surface area contributed by atoms with Gasteiger partial charge in [-0.05, 0) is 49.3 Å². The van der Waals surface area contributed by atoms with Crippen LogP contribution in [0, 0.1) is 11.8 Å². The van der Waals surface area contributed by atoms with Crippen LogP contribution < -0.4 is 15.4 Å². The number of urea groups is 1. The summed E-state index contributed by atoms with van der Waals surface area (Å²) in [5.74, 6) is 0.0129. The van der Waals surface area contributed by atoms with Crippen LogP contribution in [0.15, 0.2) is 24.3 Å². The molecule has 0 radical (unpaired) electrons. The molecule has 6 heteroatoms. The molecule has 138 valence electrons. The van der Waals surface area contributed by atoms with Crippen molar-refractivity contribution in [2.75, 3.05) is 7.11 Å². The van der Waals surface area contributed by atoms with Crippen molar-refractivity contribution in [2.24, 2.45) is 11.8 Å². The van der Waals surface area contributed by atoms with E-state index in [1.807, 2.05) is 24.3 Å². The molecule has 0 spiro atoms. The molecule has 6 nitrogen and oxygen atoms in total. The fourth-order valence-electron chi connectivity index (χ4n) is 3.30. The van der Waals surface area contributed by atoms with Gasteiger partial charge in [-0.25, -0.2) is 4.79 Å². The first-order chi connectivity index (χ1) is 11.9. The summed E-state index contributed by atoms with van der Waals surface area (Å²) in [6.07, 6.45) is 2.65. The van der Waals surface area contributed by atoms with Crippen molar-refractivity contribution in [1.29, 1.82) is 0 Å². The lowest BCUT2D eigenvalue weighted by atomic mass is 9.86. The highest BCUT2D eigenvalue weighted by Crippen LogP contribution is 2.26. The number of carboxylic acid groups (broad SMARTS) is 1. The molecule has 0 aromatic heterocycles. The summed E-state index contributed by atoms with van der Waals surface area (Å²) in [6.45, 7) is 4.13. The van der Waals surface area contributed by atoms with Crippen LogP contribution in [0.4, 0.5) is 4.79 Å². The van der Waals surface area contributed by atoms with Crippen LogP contribution in [0.1, 0.15) is 51.1 Å². The molecule has 1 aromatic rings. The fraction of sp³-hybridized carbons (Fsp3) is 0.579. The molecule has 1 fully saturated rings. The van der Waals surface area contributed by atoms with Crippen LogP contribution in [0.3, 0.4) is 0 Å². The van der Waals surface area contributed by atoms with E-state index < -0.39 is 5.97 Å². The molecule has 3 N–H and O–H groups in total. The monoisotopic (exact) mass is 348 g/mol.